The minimum atomic E-state index is -0.135. The van der Waals surface area contributed by atoms with Crippen LogP contribution < -0.4 is 4.74 Å². The molecule has 0 aromatic heterocycles. The van der Waals surface area contributed by atoms with Crippen LogP contribution >= 0.6 is 0 Å². The van der Waals surface area contributed by atoms with Gasteiger partial charge in [-0.25, -0.2) is 4.39 Å². The molecule has 1 nitrogen and oxygen atoms in total. The summed E-state index contributed by atoms with van der Waals surface area (Å²) in [5.41, 5.74) is 1.08. The fraction of sp³-hybridized carbons (Fsp3) is 0.333. The molecule has 17 heavy (non-hydrogen) atoms. The maximum Gasteiger partial charge on any atom is 0.129 e. The second-order valence-corrected chi connectivity index (χ2v) is 3.82. The molecule has 0 spiro atoms. The topological polar surface area (TPSA) is 9.23 Å². The molecular weight excluding hydrogens is 215 g/mol. The van der Waals surface area contributed by atoms with Crippen LogP contribution in [0.25, 0.3) is 0 Å². The van der Waals surface area contributed by atoms with Crippen molar-refractivity contribution in [1.82, 2.24) is 0 Å². The van der Waals surface area contributed by atoms with E-state index in [0.29, 0.717) is 6.42 Å². The van der Waals surface area contributed by atoms with Crippen molar-refractivity contribution in [1.29, 1.82) is 0 Å². The molecule has 2 heteroatoms. The van der Waals surface area contributed by atoms with Crippen molar-refractivity contribution in [2.75, 3.05) is 0 Å². The van der Waals surface area contributed by atoms with Crippen molar-refractivity contribution in [2.24, 2.45) is 0 Å². The summed E-state index contributed by atoms with van der Waals surface area (Å²) in [5, 5.41) is 0. The first-order valence-corrected chi connectivity index (χ1v) is 5.96. The van der Waals surface area contributed by atoms with Crippen LogP contribution in [0.4, 0.5) is 4.39 Å². The molecule has 0 unspecified atom stereocenters. The summed E-state index contributed by atoms with van der Waals surface area (Å²) >= 11 is 0. The van der Waals surface area contributed by atoms with Gasteiger partial charge in [-0.2, -0.15) is 0 Å². The zero-order chi connectivity index (χ0) is 12.7. The second-order valence-electron chi connectivity index (χ2n) is 3.82. The Balaban J connectivity index is 2.81. The summed E-state index contributed by atoms with van der Waals surface area (Å²) in [7, 11) is 0. The number of allylic oxidation sites excluding steroid dienone is 4. The molecule has 0 saturated heterocycles. The molecule has 92 valence electrons. The average molecular weight is 234 g/mol. The Hall–Kier alpha value is -1.57. The van der Waals surface area contributed by atoms with Gasteiger partial charge in [0.15, 0.2) is 0 Å². The molecule has 0 bridgehead atoms. The van der Waals surface area contributed by atoms with Crippen LogP contribution in [0.2, 0.25) is 0 Å². The lowest BCUT2D eigenvalue weighted by Gasteiger charge is -2.09. The number of hydrogen-bond acceptors (Lipinski definition) is 1. The van der Waals surface area contributed by atoms with E-state index in [2.05, 4.69) is 0 Å². The van der Waals surface area contributed by atoms with Gasteiger partial charge in [0.1, 0.15) is 11.5 Å². The van der Waals surface area contributed by atoms with Crippen LogP contribution in [-0.2, 0) is 0 Å². The Morgan fingerprint density at radius 1 is 1.18 bits per heavy atom. The predicted octanol–water partition coefficient (Wildman–Crippen LogP) is 4.93. The van der Waals surface area contributed by atoms with Crippen molar-refractivity contribution >= 4 is 0 Å². The molecule has 0 saturated carbocycles. The number of para-hydroxylation sites is 1. The monoisotopic (exact) mass is 234 g/mol. The molecule has 0 N–H and O–H groups in total. The third-order valence-electron chi connectivity index (χ3n) is 2.47. The van der Waals surface area contributed by atoms with Gasteiger partial charge in [0.2, 0.25) is 0 Å². The number of ether oxygens (including phenoxy) is 1. The lowest BCUT2D eigenvalue weighted by Crippen LogP contribution is -1.95. The lowest BCUT2D eigenvalue weighted by molar-refractivity contribution is 0.406. The molecule has 0 atom stereocenters. The predicted molar refractivity (Wildman–Crippen MR) is 69.7 cm³/mol. The molecule has 0 heterocycles. The molecule has 1 aromatic rings. The number of halogens is 1. The number of hydrogen-bond donors (Lipinski definition) is 0. The van der Waals surface area contributed by atoms with E-state index in [-0.39, 0.29) is 5.83 Å². The summed E-state index contributed by atoms with van der Waals surface area (Å²) in [6.07, 6.45) is 4.32. The average Bonchev–Trinajstić information content (AvgIpc) is 2.36. The van der Waals surface area contributed by atoms with E-state index in [1.807, 2.05) is 38.1 Å². The van der Waals surface area contributed by atoms with Gasteiger partial charge in [0, 0.05) is 6.42 Å². The first-order valence-electron chi connectivity index (χ1n) is 5.96. The van der Waals surface area contributed by atoms with Crippen LogP contribution in [0.1, 0.15) is 32.3 Å². The Morgan fingerprint density at radius 2 is 1.88 bits per heavy atom. The van der Waals surface area contributed by atoms with Gasteiger partial charge < -0.3 is 4.74 Å². The molecular formula is C15H19FO. The summed E-state index contributed by atoms with van der Waals surface area (Å²) in [6.45, 7) is 5.76. The highest BCUT2D eigenvalue weighted by Crippen LogP contribution is 2.20. The quantitative estimate of drug-likeness (QED) is 0.518. The normalized spacial score (nSPS) is 12.7. The van der Waals surface area contributed by atoms with Gasteiger partial charge in [-0.05, 0) is 37.1 Å². The summed E-state index contributed by atoms with van der Waals surface area (Å²) in [5.74, 6) is 1.46. The number of aryl methyl sites for hydroxylation is 1. The first-order chi connectivity index (χ1) is 8.17. The Morgan fingerprint density at radius 3 is 2.47 bits per heavy atom. The minimum absolute atomic E-state index is 0.135. The van der Waals surface area contributed by atoms with Gasteiger partial charge in [-0.3, -0.25) is 0 Å². The van der Waals surface area contributed by atoms with Crippen molar-refractivity contribution in [3.05, 3.63) is 53.6 Å². The van der Waals surface area contributed by atoms with Gasteiger partial charge in [-0.1, -0.05) is 32.0 Å². The smallest absolute Gasteiger partial charge is 0.129 e. The van der Waals surface area contributed by atoms with E-state index in [1.54, 1.807) is 13.0 Å². The molecule has 0 aliphatic heterocycles. The van der Waals surface area contributed by atoms with Crippen LogP contribution in [-0.4, -0.2) is 0 Å². The Labute approximate surface area is 103 Å². The number of benzene rings is 1. The van der Waals surface area contributed by atoms with E-state index in [4.69, 9.17) is 4.74 Å². The fourth-order valence-corrected chi connectivity index (χ4v) is 1.34. The summed E-state index contributed by atoms with van der Waals surface area (Å²) in [6, 6.07) is 7.80. The van der Waals surface area contributed by atoms with Crippen molar-refractivity contribution in [3.8, 4) is 5.75 Å². The van der Waals surface area contributed by atoms with E-state index >= 15 is 0 Å². The third-order valence-corrected chi connectivity index (χ3v) is 2.47. The van der Waals surface area contributed by atoms with Gasteiger partial charge in [0.05, 0.1) is 5.83 Å². The zero-order valence-corrected chi connectivity index (χ0v) is 10.7. The second kappa shape index (κ2) is 6.89. The standard InChI is InChI=1S/C15H19FO/c1-4-13(16)10-11-14(5-2)17-15-9-7-6-8-12(15)3/h6-11H,4-5H2,1-3H3/b13-10+,14-11+. The van der Waals surface area contributed by atoms with Crippen molar-refractivity contribution < 1.29 is 9.13 Å². The highest BCUT2D eigenvalue weighted by Gasteiger charge is 2.00. The maximum atomic E-state index is 13.0. The van der Waals surface area contributed by atoms with Gasteiger partial charge >= 0.3 is 0 Å². The van der Waals surface area contributed by atoms with E-state index in [9.17, 15) is 4.39 Å². The first kappa shape index (κ1) is 13.5. The Bertz CT molecular complexity index is 419. The molecule has 0 amide bonds. The van der Waals surface area contributed by atoms with E-state index < -0.39 is 0 Å². The zero-order valence-electron chi connectivity index (χ0n) is 10.7. The lowest BCUT2D eigenvalue weighted by atomic mass is 10.2. The summed E-state index contributed by atoms with van der Waals surface area (Å²) < 4.78 is 18.7. The largest absolute Gasteiger partial charge is 0.461 e. The van der Waals surface area contributed by atoms with Crippen LogP contribution in [0.3, 0.4) is 0 Å². The minimum Gasteiger partial charge on any atom is -0.461 e. The van der Waals surface area contributed by atoms with Crippen molar-refractivity contribution in [2.45, 2.75) is 33.6 Å². The van der Waals surface area contributed by atoms with Gasteiger partial charge in [0.25, 0.3) is 0 Å². The fourth-order valence-electron chi connectivity index (χ4n) is 1.34. The SMILES string of the molecule is CC/C(F)=C\C=C(/CC)Oc1ccccc1C. The number of rotatable bonds is 5. The molecule has 1 rings (SSSR count). The van der Waals surface area contributed by atoms with Crippen LogP contribution in [0.5, 0.6) is 5.75 Å². The van der Waals surface area contributed by atoms with E-state index in [0.717, 1.165) is 23.5 Å². The van der Waals surface area contributed by atoms with E-state index in [1.165, 1.54) is 6.08 Å². The van der Waals surface area contributed by atoms with Crippen LogP contribution in [0, 0.1) is 6.92 Å². The molecule has 0 aliphatic rings. The summed E-state index contributed by atoms with van der Waals surface area (Å²) in [4.78, 5) is 0. The highest BCUT2D eigenvalue weighted by atomic mass is 19.1. The molecule has 0 radical (unpaired) electrons. The molecule has 0 aliphatic carbocycles. The molecule has 1 aromatic carbocycles. The van der Waals surface area contributed by atoms with Crippen molar-refractivity contribution in [3.63, 3.8) is 0 Å². The third kappa shape index (κ3) is 4.43. The van der Waals surface area contributed by atoms with Gasteiger partial charge in [-0.15, -0.1) is 0 Å². The Kier molecular flexibility index (Phi) is 5.47. The molecule has 0 fully saturated rings. The van der Waals surface area contributed by atoms with Crippen LogP contribution in [0.15, 0.2) is 48.0 Å². The maximum absolute atomic E-state index is 13.0. The highest BCUT2D eigenvalue weighted by molar-refractivity contribution is 5.33.